The van der Waals surface area contributed by atoms with E-state index in [0.717, 1.165) is 21.5 Å². The molecule has 0 aliphatic carbocycles. The third-order valence-electron chi connectivity index (χ3n) is 3.68. The molecule has 1 amide bonds. The van der Waals surface area contributed by atoms with Crippen LogP contribution in [-0.4, -0.2) is 31.2 Å². The Hall–Kier alpha value is -1.76. The Morgan fingerprint density at radius 1 is 1.14 bits per heavy atom. The van der Waals surface area contributed by atoms with Crippen molar-refractivity contribution >= 4 is 39.9 Å². The van der Waals surface area contributed by atoms with Crippen LogP contribution in [0.15, 0.2) is 42.5 Å². The van der Waals surface area contributed by atoms with Gasteiger partial charge in [0.1, 0.15) is 5.75 Å². The van der Waals surface area contributed by atoms with Crippen molar-refractivity contribution in [1.29, 1.82) is 0 Å². The van der Waals surface area contributed by atoms with Crippen molar-refractivity contribution in [2.75, 3.05) is 29.9 Å². The molecule has 0 spiro atoms. The number of carbonyl (C=O) groups excluding carboxylic acids is 1. The second-order valence-electron chi connectivity index (χ2n) is 5.03. The molecule has 0 aromatic heterocycles. The van der Waals surface area contributed by atoms with Gasteiger partial charge in [-0.3, -0.25) is 4.79 Å². The Bertz CT molecular complexity index is 702. The summed E-state index contributed by atoms with van der Waals surface area (Å²) in [6.45, 7) is 1.38. The number of hydrogen-bond donors (Lipinski definition) is 1. The van der Waals surface area contributed by atoms with Crippen molar-refractivity contribution in [2.24, 2.45) is 0 Å². The van der Waals surface area contributed by atoms with Gasteiger partial charge in [0.05, 0.1) is 16.9 Å². The summed E-state index contributed by atoms with van der Waals surface area (Å²) in [6.07, 6.45) is 0. The van der Waals surface area contributed by atoms with E-state index in [1.807, 2.05) is 31.3 Å². The predicted octanol–water partition coefficient (Wildman–Crippen LogP) is 3.09. The first-order valence-electron chi connectivity index (χ1n) is 6.68. The second kappa shape index (κ2) is 5.55. The molecule has 1 aliphatic rings. The van der Waals surface area contributed by atoms with Crippen LogP contribution in [0.3, 0.4) is 0 Å². The van der Waals surface area contributed by atoms with E-state index in [1.165, 1.54) is 0 Å². The van der Waals surface area contributed by atoms with Crippen molar-refractivity contribution in [3.63, 3.8) is 0 Å². The second-order valence-corrected chi connectivity index (χ2v) is 6.27. The Balaban J connectivity index is 2.03. The molecule has 0 saturated heterocycles. The average Bonchev–Trinajstić information content (AvgIpc) is 2.50. The molecule has 5 heteroatoms. The van der Waals surface area contributed by atoms with E-state index in [0.29, 0.717) is 12.1 Å². The fourth-order valence-corrected chi connectivity index (χ4v) is 3.03. The number of amides is 1. The molecule has 108 valence electrons. The Morgan fingerprint density at radius 3 is 2.62 bits per heavy atom. The summed E-state index contributed by atoms with van der Waals surface area (Å²) >= 11 is 2.14. The molecule has 4 nitrogen and oxygen atoms in total. The first-order valence-corrected chi connectivity index (χ1v) is 7.76. The number of phenolic OH excluding ortho intramolecular Hbond substituents is 1. The van der Waals surface area contributed by atoms with Crippen LogP contribution < -0.4 is 9.80 Å². The molecule has 0 radical (unpaired) electrons. The number of carbonyl (C=O) groups is 1. The van der Waals surface area contributed by atoms with Gasteiger partial charge >= 0.3 is 0 Å². The molecular weight excluding hydrogens is 379 g/mol. The van der Waals surface area contributed by atoms with Crippen LogP contribution in [0.5, 0.6) is 5.75 Å². The number of aromatic hydroxyl groups is 1. The fourth-order valence-electron chi connectivity index (χ4n) is 2.54. The molecule has 0 unspecified atom stereocenters. The molecule has 3 rings (SSSR count). The highest BCUT2D eigenvalue weighted by molar-refractivity contribution is 14.1. The standard InChI is InChI=1S/C16H15IN2O2/c1-18-8-9-19(14-5-3-2-4-13(14)18)16(21)12-10-11(17)6-7-15(12)20/h2-7,10,20H,8-9H2,1H3. The van der Waals surface area contributed by atoms with E-state index in [-0.39, 0.29) is 11.7 Å². The van der Waals surface area contributed by atoms with Crippen LogP contribution in [0.1, 0.15) is 10.4 Å². The predicted molar refractivity (Wildman–Crippen MR) is 92.2 cm³/mol. The summed E-state index contributed by atoms with van der Waals surface area (Å²) in [4.78, 5) is 16.7. The SMILES string of the molecule is CN1CCN(C(=O)c2cc(I)ccc2O)c2ccccc21. The van der Waals surface area contributed by atoms with Crippen LogP contribution in [0.2, 0.25) is 0 Å². The van der Waals surface area contributed by atoms with Crippen molar-refractivity contribution < 1.29 is 9.90 Å². The highest BCUT2D eigenvalue weighted by Gasteiger charge is 2.27. The third-order valence-corrected chi connectivity index (χ3v) is 4.35. The summed E-state index contributed by atoms with van der Waals surface area (Å²) in [5.41, 5.74) is 2.26. The van der Waals surface area contributed by atoms with Gasteiger partial charge in [-0.05, 0) is 52.9 Å². The van der Waals surface area contributed by atoms with Crippen molar-refractivity contribution in [3.05, 3.63) is 51.6 Å². The lowest BCUT2D eigenvalue weighted by Crippen LogP contribution is -2.42. The maximum atomic E-state index is 12.8. The third kappa shape index (κ3) is 2.57. The van der Waals surface area contributed by atoms with Crippen LogP contribution >= 0.6 is 22.6 Å². The number of nitrogens with zero attached hydrogens (tertiary/aromatic N) is 2. The number of phenols is 1. The lowest BCUT2D eigenvalue weighted by atomic mass is 10.1. The fraction of sp³-hybridized carbons (Fsp3) is 0.188. The van der Waals surface area contributed by atoms with Crippen LogP contribution in [0.25, 0.3) is 0 Å². The molecule has 0 saturated carbocycles. The average molecular weight is 394 g/mol. The van der Waals surface area contributed by atoms with Gasteiger partial charge in [-0.15, -0.1) is 0 Å². The minimum atomic E-state index is -0.161. The van der Waals surface area contributed by atoms with Crippen molar-refractivity contribution in [1.82, 2.24) is 0 Å². The molecule has 21 heavy (non-hydrogen) atoms. The van der Waals surface area contributed by atoms with Crippen molar-refractivity contribution in [3.8, 4) is 5.75 Å². The Kier molecular flexibility index (Phi) is 3.75. The van der Waals surface area contributed by atoms with E-state index >= 15 is 0 Å². The normalized spacial score (nSPS) is 14.0. The number of hydrogen-bond acceptors (Lipinski definition) is 3. The lowest BCUT2D eigenvalue weighted by Gasteiger charge is -2.35. The first kappa shape index (κ1) is 14.2. The number of benzene rings is 2. The highest BCUT2D eigenvalue weighted by Crippen LogP contribution is 2.34. The molecule has 0 bridgehead atoms. The lowest BCUT2D eigenvalue weighted by molar-refractivity contribution is 0.0984. The summed E-state index contributed by atoms with van der Waals surface area (Å²) in [5.74, 6) is -0.136. The summed E-state index contributed by atoms with van der Waals surface area (Å²) < 4.78 is 0.927. The molecule has 1 heterocycles. The molecule has 1 N–H and O–H groups in total. The Morgan fingerprint density at radius 2 is 1.86 bits per heavy atom. The molecular formula is C16H15IN2O2. The van der Waals surface area contributed by atoms with Gasteiger partial charge in [0.2, 0.25) is 0 Å². The van der Waals surface area contributed by atoms with Crippen LogP contribution in [-0.2, 0) is 0 Å². The largest absolute Gasteiger partial charge is 0.507 e. The van der Waals surface area contributed by atoms with E-state index in [2.05, 4.69) is 27.5 Å². The summed E-state index contributed by atoms with van der Waals surface area (Å²) in [7, 11) is 2.02. The number of fused-ring (bicyclic) bond motifs is 1. The number of para-hydroxylation sites is 2. The minimum absolute atomic E-state index is 0.0248. The van der Waals surface area contributed by atoms with E-state index in [1.54, 1.807) is 23.1 Å². The van der Waals surface area contributed by atoms with E-state index in [9.17, 15) is 9.90 Å². The molecule has 0 fully saturated rings. The quantitative estimate of drug-likeness (QED) is 0.757. The van der Waals surface area contributed by atoms with Gasteiger partial charge in [0.25, 0.3) is 5.91 Å². The van der Waals surface area contributed by atoms with Crippen LogP contribution in [0.4, 0.5) is 11.4 Å². The number of anilines is 2. The molecule has 2 aromatic carbocycles. The van der Waals surface area contributed by atoms with E-state index in [4.69, 9.17) is 0 Å². The van der Waals surface area contributed by atoms with Gasteiger partial charge in [-0.25, -0.2) is 0 Å². The maximum absolute atomic E-state index is 12.8. The van der Waals surface area contributed by atoms with E-state index < -0.39 is 0 Å². The zero-order chi connectivity index (χ0) is 15.0. The first-order chi connectivity index (χ1) is 10.1. The van der Waals surface area contributed by atoms with Gasteiger partial charge in [-0.2, -0.15) is 0 Å². The Labute approximate surface area is 137 Å². The summed E-state index contributed by atoms with van der Waals surface area (Å²) in [6, 6.07) is 12.9. The summed E-state index contributed by atoms with van der Waals surface area (Å²) in [5, 5.41) is 9.97. The highest BCUT2D eigenvalue weighted by atomic mass is 127. The zero-order valence-electron chi connectivity index (χ0n) is 11.6. The topological polar surface area (TPSA) is 43.8 Å². The minimum Gasteiger partial charge on any atom is -0.507 e. The van der Waals surface area contributed by atoms with Gasteiger partial charge in [0, 0.05) is 23.7 Å². The van der Waals surface area contributed by atoms with Gasteiger partial charge in [0.15, 0.2) is 0 Å². The molecule has 0 atom stereocenters. The van der Waals surface area contributed by atoms with Gasteiger partial charge in [-0.1, -0.05) is 12.1 Å². The number of rotatable bonds is 1. The van der Waals surface area contributed by atoms with Crippen molar-refractivity contribution in [2.45, 2.75) is 0 Å². The zero-order valence-corrected chi connectivity index (χ0v) is 13.7. The van der Waals surface area contributed by atoms with Gasteiger partial charge < -0.3 is 14.9 Å². The number of likely N-dealkylation sites (N-methyl/N-ethyl adjacent to an activating group) is 1. The molecule has 2 aromatic rings. The number of halogens is 1. The smallest absolute Gasteiger partial charge is 0.262 e. The monoisotopic (exact) mass is 394 g/mol. The maximum Gasteiger partial charge on any atom is 0.262 e. The van der Waals surface area contributed by atoms with Crippen LogP contribution in [0, 0.1) is 3.57 Å². The molecule has 1 aliphatic heterocycles.